The molecule has 1 aromatic rings. The molecule has 7 nitrogen and oxygen atoms in total. The highest BCUT2D eigenvalue weighted by Crippen LogP contribution is 2.21. The van der Waals surface area contributed by atoms with Crippen molar-refractivity contribution in [1.29, 1.82) is 0 Å². The second-order valence-electron chi connectivity index (χ2n) is 3.44. The van der Waals surface area contributed by atoms with Gasteiger partial charge in [-0.1, -0.05) is 0 Å². The molecule has 0 bridgehead atoms. The van der Waals surface area contributed by atoms with Crippen LogP contribution >= 0.6 is 0 Å². The van der Waals surface area contributed by atoms with Gasteiger partial charge < -0.3 is 9.84 Å². The van der Waals surface area contributed by atoms with Crippen LogP contribution in [0.2, 0.25) is 0 Å². The molecule has 0 saturated carbocycles. The maximum atomic E-state index is 11.3. The molecule has 0 fully saturated rings. The van der Waals surface area contributed by atoms with E-state index < -0.39 is 32.5 Å². The van der Waals surface area contributed by atoms with Gasteiger partial charge in [0.2, 0.25) is 0 Å². The van der Waals surface area contributed by atoms with Crippen LogP contribution in [0.5, 0.6) is 0 Å². The van der Waals surface area contributed by atoms with Crippen LogP contribution in [0.1, 0.15) is 26.3 Å². The lowest BCUT2D eigenvalue weighted by molar-refractivity contribution is 0.0597. The van der Waals surface area contributed by atoms with E-state index in [9.17, 15) is 18.0 Å². The zero-order chi connectivity index (χ0) is 14.1. The largest absolute Gasteiger partial charge is 0.478 e. The van der Waals surface area contributed by atoms with Crippen LogP contribution in [0.3, 0.4) is 0 Å². The number of carboxylic acid groups (broad SMARTS) is 1. The van der Waals surface area contributed by atoms with Crippen molar-refractivity contribution in [3.63, 3.8) is 0 Å². The summed E-state index contributed by atoms with van der Waals surface area (Å²) < 4.78 is 35.5. The summed E-state index contributed by atoms with van der Waals surface area (Å²) in [4.78, 5) is 21.4. The normalized spacial score (nSPS) is 11.1. The van der Waals surface area contributed by atoms with Crippen LogP contribution in [-0.2, 0) is 14.9 Å². The number of carboxylic acids is 1. The van der Waals surface area contributed by atoms with Gasteiger partial charge >= 0.3 is 11.9 Å². The molecule has 0 unspecified atom stereocenters. The average molecular weight is 274 g/mol. The molecule has 98 valence electrons. The van der Waals surface area contributed by atoms with Gasteiger partial charge in [-0.3, -0.25) is 4.55 Å². The summed E-state index contributed by atoms with van der Waals surface area (Å²) >= 11 is 0. The van der Waals surface area contributed by atoms with Crippen molar-refractivity contribution in [2.45, 2.75) is 11.8 Å². The van der Waals surface area contributed by atoms with Crippen LogP contribution in [0.4, 0.5) is 0 Å². The molecule has 2 N–H and O–H groups in total. The number of carbonyl (C=O) groups is 2. The van der Waals surface area contributed by atoms with E-state index >= 15 is 0 Å². The molecule has 8 heteroatoms. The molecule has 0 amide bonds. The Morgan fingerprint density at radius 2 is 1.78 bits per heavy atom. The molecule has 0 aliphatic rings. The number of hydrogen-bond acceptors (Lipinski definition) is 5. The lowest BCUT2D eigenvalue weighted by atomic mass is 10.1. The molecular weight excluding hydrogens is 264 g/mol. The van der Waals surface area contributed by atoms with Crippen molar-refractivity contribution in [2.24, 2.45) is 0 Å². The van der Waals surface area contributed by atoms with Gasteiger partial charge in [0, 0.05) is 0 Å². The van der Waals surface area contributed by atoms with Gasteiger partial charge in [-0.05, 0) is 24.6 Å². The molecule has 0 saturated heterocycles. The Labute approximate surface area is 103 Å². The Morgan fingerprint density at radius 3 is 2.17 bits per heavy atom. The molecule has 0 atom stereocenters. The van der Waals surface area contributed by atoms with Crippen molar-refractivity contribution in [1.82, 2.24) is 0 Å². The van der Waals surface area contributed by atoms with E-state index in [1.165, 1.54) is 6.92 Å². The van der Waals surface area contributed by atoms with E-state index in [4.69, 9.17) is 9.66 Å². The second kappa shape index (κ2) is 4.75. The van der Waals surface area contributed by atoms with Crippen molar-refractivity contribution in [3.05, 3.63) is 28.8 Å². The van der Waals surface area contributed by atoms with Crippen molar-refractivity contribution in [2.75, 3.05) is 7.11 Å². The molecule has 0 aliphatic carbocycles. The van der Waals surface area contributed by atoms with Crippen molar-refractivity contribution in [3.8, 4) is 0 Å². The van der Waals surface area contributed by atoms with Crippen LogP contribution in [0.25, 0.3) is 0 Å². The highest BCUT2D eigenvalue weighted by molar-refractivity contribution is 7.86. The summed E-state index contributed by atoms with van der Waals surface area (Å²) in [7, 11) is -3.65. The molecule has 18 heavy (non-hydrogen) atoms. The Kier molecular flexibility index (Phi) is 3.73. The first-order valence-electron chi connectivity index (χ1n) is 4.62. The molecule has 1 aromatic carbocycles. The molecule has 0 heterocycles. The van der Waals surface area contributed by atoms with E-state index in [0.29, 0.717) is 0 Å². The Morgan fingerprint density at radius 1 is 1.22 bits per heavy atom. The molecule has 0 spiro atoms. The zero-order valence-electron chi connectivity index (χ0n) is 9.50. The van der Waals surface area contributed by atoms with E-state index in [1.807, 2.05) is 0 Å². The summed E-state index contributed by atoms with van der Waals surface area (Å²) in [6.07, 6.45) is 0. The summed E-state index contributed by atoms with van der Waals surface area (Å²) in [5, 5.41) is 8.85. The Hall–Kier alpha value is -1.93. The van der Waals surface area contributed by atoms with Gasteiger partial charge in [-0.25, -0.2) is 9.59 Å². The Bertz CT molecular complexity index is 615. The lowest BCUT2D eigenvalue weighted by Gasteiger charge is -2.08. The van der Waals surface area contributed by atoms with E-state index in [-0.39, 0.29) is 11.1 Å². The lowest BCUT2D eigenvalue weighted by Crippen LogP contribution is -2.12. The highest BCUT2D eigenvalue weighted by atomic mass is 32.2. The van der Waals surface area contributed by atoms with E-state index in [2.05, 4.69) is 4.74 Å². The summed E-state index contributed by atoms with van der Waals surface area (Å²) in [5.74, 6) is -2.35. The Balaban J connectivity index is 3.67. The molecule has 0 aliphatic heterocycles. The fraction of sp³-hybridized carbons (Fsp3) is 0.200. The smallest absolute Gasteiger partial charge is 0.338 e. The number of esters is 1. The van der Waals surface area contributed by atoms with Crippen LogP contribution in [0.15, 0.2) is 17.0 Å². The number of aryl methyl sites for hydroxylation is 1. The average Bonchev–Trinajstić information content (AvgIpc) is 2.25. The van der Waals surface area contributed by atoms with Crippen molar-refractivity contribution < 1.29 is 32.4 Å². The number of carbonyl (C=O) groups excluding carboxylic acids is 1. The van der Waals surface area contributed by atoms with Gasteiger partial charge in [-0.2, -0.15) is 8.42 Å². The van der Waals surface area contributed by atoms with Crippen LogP contribution in [0, 0.1) is 6.92 Å². The molecule has 0 aromatic heterocycles. The first-order valence-corrected chi connectivity index (χ1v) is 6.06. The topological polar surface area (TPSA) is 118 Å². The summed E-state index contributed by atoms with van der Waals surface area (Å²) in [5.41, 5.74) is -0.510. The molecular formula is C10H10O7S. The fourth-order valence-corrected chi connectivity index (χ4v) is 2.09. The summed E-state index contributed by atoms with van der Waals surface area (Å²) in [6.45, 7) is 1.42. The second-order valence-corrected chi connectivity index (χ2v) is 4.83. The van der Waals surface area contributed by atoms with Gasteiger partial charge in [0.25, 0.3) is 10.1 Å². The maximum Gasteiger partial charge on any atom is 0.338 e. The minimum atomic E-state index is -4.75. The van der Waals surface area contributed by atoms with Gasteiger partial charge in [-0.15, -0.1) is 0 Å². The van der Waals surface area contributed by atoms with Gasteiger partial charge in [0.15, 0.2) is 0 Å². The van der Waals surface area contributed by atoms with Gasteiger partial charge in [0.05, 0.1) is 18.2 Å². The number of hydrogen-bond donors (Lipinski definition) is 2. The van der Waals surface area contributed by atoms with E-state index in [0.717, 1.165) is 19.2 Å². The predicted octanol–water partition coefficient (Wildman–Crippen LogP) is 0.727. The third-order valence-corrected chi connectivity index (χ3v) is 3.13. The monoisotopic (exact) mass is 274 g/mol. The van der Waals surface area contributed by atoms with Crippen molar-refractivity contribution >= 4 is 22.1 Å². The number of rotatable bonds is 3. The molecule has 0 radical (unpaired) electrons. The fourth-order valence-electron chi connectivity index (χ4n) is 1.40. The van der Waals surface area contributed by atoms with Crippen LogP contribution in [-0.4, -0.2) is 37.1 Å². The first kappa shape index (κ1) is 14.1. The van der Waals surface area contributed by atoms with Crippen LogP contribution < -0.4 is 0 Å². The number of benzene rings is 1. The number of aromatic carboxylic acids is 1. The first-order chi connectivity index (χ1) is 8.18. The van der Waals surface area contributed by atoms with E-state index in [1.54, 1.807) is 0 Å². The summed E-state index contributed by atoms with van der Waals surface area (Å²) in [6, 6.07) is 1.76. The zero-order valence-corrected chi connectivity index (χ0v) is 10.3. The standard InChI is InChI=1S/C10H10O7S/c1-5-3-7(9(11)12)8(18(14,15)16)4-6(5)10(13)17-2/h3-4H,1-2H3,(H,11,12)(H,14,15,16). The minimum absolute atomic E-state index is 0.130. The van der Waals surface area contributed by atoms with Gasteiger partial charge in [0.1, 0.15) is 4.90 Å². The third-order valence-electron chi connectivity index (χ3n) is 2.24. The molecule has 1 rings (SSSR count). The quantitative estimate of drug-likeness (QED) is 0.616. The SMILES string of the molecule is COC(=O)c1cc(S(=O)(=O)O)c(C(=O)O)cc1C. The highest BCUT2D eigenvalue weighted by Gasteiger charge is 2.24. The number of methoxy groups -OCH3 is 1. The maximum absolute atomic E-state index is 11.3. The number of ether oxygens (including phenoxy) is 1. The minimum Gasteiger partial charge on any atom is -0.478 e. The predicted molar refractivity (Wildman–Crippen MR) is 59.3 cm³/mol. The third kappa shape index (κ3) is 2.66.